The fraction of sp³-hybridized carbons (Fsp3) is 0.526. The van der Waals surface area contributed by atoms with Crippen molar-refractivity contribution in [2.75, 3.05) is 23.0 Å². The van der Waals surface area contributed by atoms with Crippen LogP contribution in [-0.2, 0) is 19.4 Å². The number of hydrogen-bond donors (Lipinski definition) is 1. The molecule has 0 saturated carbocycles. The lowest BCUT2D eigenvalue weighted by atomic mass is 10.2. The molecule has 2 saturated heterocycles. The first-order chi connectivity index (χ1) is 13.5. The van der Waals surface area contributed by atoms with E-state index in [2.05, 4.69) is 10.3 Å². The SMILES string of the molecule is CC(C)(C)OC(=O)NCCC(=O)N=C1S[C@H]2CS(=O)(=O)C[C@H]2N1c1ccccc1. The van der Waals surface area contributed by atoms with Crippen LogP contribution >= 0.6 is 11.8 Å². The molecular formula is C19H25N3O5S2. The number of sulfone groups is 1. The van der Waals surface area contributed by atoms with E-state index >= 15 is 0 Å². The Kier molecular flexibility index (Phi) is 6.23. The Hall–Kier alpha value is -2.07. The van der Waals surface area contributed by atoms with Crippen LogP contribution in [-0.4, -0.2) is 60.5 Å². The lowest BCUT2D eigenvalue weighted by Gasteiger charge is -2.24. The van der Waals surface area contributed by atoms with Gasteiger partial charge in [0.15, 0.2) is 15.0 Å². The van der Waals surface area contributed by atoms with Gasteiger partial charge >= 0.3 is 6.09 Å². The number of carbonyl (C=O) groups excluding carboxylic acids is 2. The zero-order valence-corrected chi connectivity index (χ0v) is 18.3. The Labute approximate surface area is 175 Å². The number of hydrogen-bond acceptors (Lipinski definition) is 6. The smallest absolute Gasteiger partial charge is 0.407 e. The average molecular weight is 440 g/mol. The molecule has 0 unspecified atom stereocenters. The second-order valence-electron chi connectivity index (χ2n) is 7.97. The van der Waals surface area contributed by atoms with Crippen molar-refractivity contribution in [3.8, 4) is 0 Å². The topological polar surface area (TPSA) is 105 Å². The highest BCUT2D eigenvalue weighted by Crippen LogP contribution is 2.40. The summed E-state index contributed by atoms with van der Waals surface area (Å²) in [5.41, 5.74) is 0.200. The lowest BCUT2D eigenvalue weighted by molar-refractivity contribution is -0.117. The van der Waals surface area contributed by atoms with Crippen LogP contribution in [0.15, 0.2) is 35.3 Å². The molecule has 1 N–H and O–H groups in total. The molecule has 1 aromatic rings. The molecule has 1 aromatic carbocycles. The summed E-state index contributed by atoms with van der Waals surface area (Å²) in [5, 5.41) is 2.89. The summed E-state index contributed by atoms with van der Waals surface area (Å²) in [6, 6.07) is 9.11. The zero-order valence-electron chi connectivity index (χ0n) is 16.6. The second-order valence-corrected chi connectivity index (χ2v) is 11.3. The van der Waals surface area contributed by atoms with Gasteiger partial charge in [-0.1, -0.05) is 30.0 Å². The number of ether oxygens (including phenoxy) is 1. The molecule has 29 heavy (non-hydrogen) atoms. The average Bonchev–Trinajstić information content (AvgIpc) is 3.04. The van der Waals surface area contributed by atoms with Crippen LogP contribution in [0.2, 0.25) is 0 Å². The van der Waals surface area contributed by atoms with E-state index < -0.39 is 21.5 Å². The number of carbonyl (C=O) groups is 2. The van der Waals surface area contributed by atoms with Crippen molar-refractivity contribution in [1.82, 2.24) is 5.32 Å². The highest BCUT2D eigenvalue weighted by molar-refractivity contribution is 8.16. The molecule has 2 atom stereocenters. The van der Waals surface area contributed by atoms with Gasteiger partial charge in [0.2, 0.25) is 5.91 Å². The Morgan fingerprint density at radius 2 is 1.93 bits per heavy atom. The van der Waals surface area contributed by atoms with Crippen LogP contribution in [0.25, 0.3) is 0 Å². The third kappa shape index (κ3) is 5.72. The van der Waals surface area contributed by atoms with Crippen molar-refractivity contribution in [2.45, 2.75) is 44.1 Å². The van der Waals surface area contributed by atoms with Crippen LogP contribution in [0.1, 0.15) is 27.2 Å². The highest BCUT2D eigenvalue weighted by Gasteiger charge is 2.49. The second kappa shape index (κ2) is 8.35. The molecule has 2 aliphatic heterocycles. The van der Waals surface area contributed by atoms with Gasteiger partial charge in [-0.3, -0.25) is 4.79 Å². The van der Waals surface area contributed by atoms with Gasteiger partial charge in [0.1, 0.15) is 5.60 Å². The number of thioether (sulfide) groups is 1. The van der Waals surface area contributed by atoms with Gasteiger partial charge in [0, 0.05) is 23.9 Å². The van der Waals surface area contributed by atoms with Crippen molar-refractivity contribution >= 4 is 44.5 Å². The summed E-state index contributed by atoms with van der Waals surface area (Å²) in [5.74, 6) is -0.251. The summed E-state index contributed by atoms with van der Waals surface area (Å²) < 4.78 is 29.2. The van der Waals surface area contributed by atoms with Crippen LogP contribution in [0.4, 0.5) is 10.5 Å². The molecule has 0 spiro atoms. The lowest BCUT2D eigenvalue weighted by Crippen LogP contribution is -2.37. The van der Waals surface area contributed by atoms with Gasteiger partial charge in [0.05, 0.1) is 17.5 Å². The number of amides is 2. The van der Waals surface area contributed by atoms with Crippen LogP contribution in [0.5, 0.6) is 0 Å². The summed E-state index contributed by atoms with van der Waals surface area (Å²) in [4.78, 5) is 30.1. The molecule has 2 fully saturated rings. The monoisotopic (exact) mass is 439 g/mol. The summed E-state index contributed by atoms with van der Waals surface area (Å²) >= 11 is 1.33. The largest absolute Gasteiger partial charge is 0.444 e. The maximum atomic E-state index is 12.4. The van der Waals surface area contributed by atoms with E-state index in [0.717, 1.165) is 5.69 Å². The van der Waals surface area contributed by atoms with E-state index in [4.69, 9.17) is 4.74 Å². The normalized spacial score (nSPS) is 24.4. The number of anilines is 1. The fourth-order valence-electron chi connectivity index (χ4n) is 3.20. The van der Waals surface area contributed by atoms with Gasteiger partial charge in [-0.2, -0.15) is 4.99 Å². The van der Waals surface area contributed by atoms with Crippen LogP contribution in [0.3, 0.4) is 0 Å². The first-order valence-electron chi connectivity index (χ1n) is 9.34. The van der Waals surface area contributed by atoms with E-state index in [-0.39, 0.29) is 41.7 Å². The van der Waals surface area contributed by atoms with Gasteiger partial charge < -0.3 is 15.0 Å². The minimum atomic E-state index is -3.10. The van der Waals surface area contributed by atoms with Crippen LogP contribution in [0, 0.1) is 0 Å². The fourth-order valence-corrected chi connectivity index (χ4v) is 7.13. The number of aliphatic imine (C=N–C) groups is 1. The number of para-hydroxylation sites is 1. The van der Waals surface area contributed by atoms with Gasteiger partial charge in [0.25, 0.3) is 0 Å². The zero-order chi connectivity index (χ0) is 21.2. The number of amidine groups is 1. The minimum Gasteiger partial charge on any atom is -0.444 e. The predicted molar refractivity (Wildman–Crippen MR) is 114 cm³/mol. The Morgan fingerprint density at radius 3 is 2.59 bits per heavy atom. The van der Waals surface area contributed by atoms with Crippen molar-refractivity contribution < 1.29 is 22.7 Å². The van der Waals surface area contributed by atoms with Crippen LogP contribution < -0.4 is 10.2 Å². The Morgan fingerprint density at radius 1 is 1.24 bits per heavy atom. The van der Waals surface area contributed by atoms with E-state index in [9.17, 15) is 18.0 Å². The minimum absolute atomic E-state index is 0.0273. The molecule has 158 valence electrons. The number of benzene rings is 1. The van der Waals surface area contributed by atoms with E-state index in [0.29, 0.717) is 5.17 Å². The van der Waals surface area contributed by atoms with Gasteiger partial charge in [-0.05, 0) is 32.9 Å². The number of rotatable bonds is 4. The van der Waals surface area contributed by atoms with Gasteiger partial charge in [-0.25, -0.2) is 13.2 Å². The van der Waals surface area contributed by atoms with E-state index in [1.54, 1.807) is 20.8 Å². The molecule has 2 heterocycles. The van der Waals surface area contributed by atoms with E-state index in [1.165, 1.54) is 11.8 Å². The molecule has 2 aliphatic rings. The van der Waals surface area contributed by atoms with Crippen molar-refractivity contribution in [3.05, 3.63) is 30.3 Å². The standard InChI is InChI=1S/C19H25N3O5S2/c1-19(2,3)27-18(24)20-10-9-16(23)21-17-22(13-7-5-4-6-8-13)14-11-29(25,26)12-15(14)28-17/h4-8,14-15H,9-12H2,1-3H3,(H,20,24)/t14-,15+/m1/s1. The Bertz CT molecular complexity index is 910. The summed E-state index contributed by atoms with van der Waals surface area (Å²) in [6.45, 7) is 5.39. The molecule has 0 bridgehead atoms. The quantitative estimate of drug-likeness (QED) is 0.767. The molecule has 8 nitrogen and oxygen atoms in total. The molecule has 2 amide bonds. The summed E-state index contributed by atoms with van der Waals surface area (Å²) in [6.07, 6.45) is -0.557. The number of nitrogens with zero attached hydrogens (tertiary/aromatic N) is 2. The molecule has 0 aromatic heterocycles. The molecule has 3 rings (SSSR count). The molecule has 10 heteroatoms. The Balaban J connectivity index is 1.67. The third-order valence-corrected chi connectivity index (χ3v) is 7.54. The van der Waals surface area contributed by atoms with Crippen molar-refractivity contribution in [1.29, 1.82) is 0 Å². The number of alkyl carbamates (subject to hydrolysis) is 1. The first kappa shape index (κ1) is 21.6. The maximum absolute atomic E-state index is 12.4. The third-order valence-electron chi connectivity index (χ3n) is 4.33. The highest BCUT2D eigenvalue weighted by atomic mass is 32.2. The van der Waals surface area contributed by atoms with E-state index in [1.807, 2.05) is 35.2 Å². The number of nitrogens with one attached hydrogen (secondary N) is 1. The first-order valence-corrected chi connectivity index (χ1v) is 12.0. The number of fused-ring (bicyclic) bond motifs is 1. The predicted octanol–water partition coefficient (Wildman–Crippen LogP) is 2.20. The van der Waals surface area contributed by atoms with Gasteiger partial charge in [-0.15, -0.1) is 0 Å². The maximum Gasteiger partial charge on any atom is 0.407 e. The van der Waals surface area contributed by atoms with Crippen molar-refractivity contribution in [2.24, 2.45) is 4.99 Å². The molecule has 0 radical (unpaired) electrons. The van der Waals surface area contributed by atoms with Crippen molar-refractivity contribution in [3.63, 3.8) is 0 Å². The molecular weight excluding hydrogens is 414 g/mol. The summed E-state index contributed by atoms with van der Waals surface area (Å²) in [7, 11) is -3.10. The molecule has 0 aliphatic carbocycles.